The highest BCUT2D eigenvalue weighted by Crippen LogP contribution is 2.39. The zero-order valence-corrected chi connectivity index (χ0v) is 30.3. The van der Waals surface area contributed by atoms with Crippen LogP contribution < -0.4 is 20.7 Å². The monoisotopic (exact) mass is 696 g/mol. The number of likely N-dealkylation sites (tertiary alicyclic amines) is 1. The molecule has 1 aliphatic rings. The first kappa shape index (κ1) is 37.3. The van der Waals surface area contributed by atoms with Crippen molar-refractivity contribution in [3.8, 4) is 5.75 Å². The van der Waals surface area contributed by atoms with Crippen molar-refractivity contribution in [1.82, 2.24) is 14.9 Å². The fourth-order valence-corrected chi connectivity index (χ4v) is 6.14. The number of carbonyl (C=O) groups is 2. The summed E-state index contributed by atoms with van der Waals surface area (Å²) in [4.78, 5) is 34.5. The molecule has 1 aromatic heterocycles. The third-order valence-electron chi connectivity index (χ3n) is 8.21. The number of hydrogen-bond donors (Lipinski definition) is 3. The lowest BCUT2D eigenvalue weighted by Crippen LogP contribution is -2.45. The molecule has 11 nitrogen and oxygen atoms in total. The zero-order valence-electron chi connectivity index (χ0n) is 29.3. The van der Waals surface area contributed by atoms with Crippen LogP contribution in [0.25, 0.3) is 0 Å². The van der Waals surface area contributed by atoms with Crippen LogP contribution in [-0.2, 0) is 14.0 Å². The molecule has 2 amide bonds. The quantitative estimate of drug-likeness (QED) is 0.135. The van der Waals surface area contributed by atoms with Crippen molar-refractivity contribution < 1.29 is 32.3 Å². The number of anilines is 5. The maximum atomic E-state index is 15.3. The SMILES string of the molecule is C=CC(=O)Nc1cccc(Nc2nc(Nc3ccc(OC[C@@H]4CC(O[Si](C)(C)C(C)(C)C)CN4C(=O)OC(C)(C)C)c(F)c3)ncc2F)c1. The van der Waals surface area contributed by atoms with Crippen LogP contribution in [0.15, 0.2) is 61.3 Å². The van der Waals surface area contributed by atoms with Gasteiger partial charge < -0.3 is 29.9 Å². The van der Waals surface area contributed by atoms with Crippen LogP contribution in [0.3, 0.4) is 0 Å². The summed E-state index contributed by atoms with van der Waals surface area (Å²) in [5.41, 5.74) is 0.556. The molecule has 3 aromatic rings. The Hall–Kier alpha value is -4.56. The summed E-state index contributed by atoms with van der Waals surface area (Å²) < 4.78 is 48.1. The summed E-state index contributed by atoms with van der Waals surface area (Å²) in [6, 6.07) is 10.5. The molecule has 14 heteroatoms. The van der Waals surface area contributed by atoms with Gasteiger partial charge in [0.2, 0.25) is 11.9 Å². The number of hydrogen-bond acceptors (Lipinski definition) is 9. The summed E-state index contributed by atoms with van der Waals surface area (Å²) in [6.45, 7) is 20.1. The Morgan fingerprint density at radius 1 is 1.02 bits per heavy atom. The Bertz CT molecular complexity index is 1680. The Balaban J connectivity index is 1.43. The third-order valence-corrected chi connectivity index (χ3v) is 12.7. The number of halogens is 2. The van der Waals surface area contributed by atoms with Crippen LogP contribution >= 0.6 is 0 Å². The number of nitrogens with zero attached hydrogens (tertiary/aromatic N) is 3. The number of nitrogens with one attached hydrogen (secondary N) is 3. The van der Waals surface area contributed by atoms with Crippen LogP contribution in [0.4, 0.5) is 42.4 Å². The third kappa shape index (κ3) is 10.2. The molecule has 0 saturated carbocycles. The van der Waals surface area contributed by atoms with Crippen LogP contribution in [0.1, 0.15) is 48.0 Å². The average molecular weight is 697 g/mol. The average Bonchev–Trinajstić information content (AvgIpc) is 3.39. The number of amides is 2. The number of rotatable bonds is 11. The van der Waals surface area contributed by atoms with Gasteiger partial charge >= 0.3 is 6.09 Å². The van der Waals surface area contributed by atoms with E-state index in [9.17, 15) is 14.0 Å². The molecule has 49 heavy (non-hydrogen) atoms. The molecule has 2 aromatic carbocycles. The fourth-order valence-electron chi connectivity index (χ4n) is 4.79. The van der Waals surface area contributed by atoms with Gasteiger partial charge in [0.1, 0.15) is 12.2 Å². The summed E-state index contributed by atoms with van der Waals surface area (Å²) in [6.07, 6.45) is 1.98. The topological polar surface area (TPSA) is 127 Å². The van der Waals surface area contributed by atoms with E-state index in [1.807, 2.05) is 20.8 Å². The highest BCUT2D eigenvalue weighted by Gasteiger charge is 2.44. The van der Waals surface area contributed by atoms with Crippen LogP contribution in [-0.4, -0.2) is 66.1 Å². The van der Waals surface area contributed by atoms with E-state index in [1.165, 1.54) is 12.1 Å². The van der Waals surface area contributed by atoms with Crippen LogP contribution in [0.5, 0.6) is 5.75 Å². The first-order valence-electron chi connectivity index (χ1n) is 16.0. The van der Waals surface area contributed by atoms with E-state index in [4.69, 9.17) is 13.9 Å². The van der Waals surface area contributed by atoms with E-state index in [0.717, 1.165) is 12.3 Å². The summed E-state index contributed by atoms with van der Waals surface area (Å²) in [5, 5.41) is 8.36. The van der Waals surface area contributed by atoms with Crippen molar-refractivity contribution in [2.75, 3.05) is 29.1 Å². The molecule has 0 bridgehead atoms. The van der Waals surface area contributed by atoms with Crippen LogP contribution in [0.2, 0.25) is 18.1 Å². The Kier molecular flexibility index (Phi) is 11.3. The lowest BCUT2D eigenvalue weighted by molar-refractivity contribution is -0.111. The summed E-state index contributed by atoms with van der Waals surface area (Å²) in [5.74, 6) is -1.88. The summed E-state index contributed by atoms with van der Waals surface area (Å²) in [7, 11) is -2.12. The minimum Gasteiger partial charge on any atom is -0.488 e. The van der Waals surface area contributed by atoms with Gasteiger partial charge in [-0.3, -0.25) is 9.69 Å². The number of aromatic nitrogens is 2. The van der Waals surface area contributed by atoms with Gasteiger partial charge in [-0.25, -0.2) is 18.6 Å². The van der Waals surface area contributed by atoms with E-state index in [-0.39, 0.29) is 47.2 Å². The van der Waals surface area contributed by atoms with E-state index in [2.05, 4.69) is 66.4 Å². The molecule has 0 aliphatic carbocycles. The largest absolute Gasteiger partial charge is 0.488 e. The highest BCUT2D eigenvalue weighted by atomic mass is 28.4. The van der Waals surface area contributed by atoms with Crippen molar-refractivity contribution in [3.63, 3.8) is 0 Å². The van der Waals surface area contributed by atoms with Gasteiger partial charge in [0, 0.05) is 29.7 Å². The molecule has 3 N–H and O–H groups in total. The normalized spacial score (nSPS) is 16.6. The Morgan fingerprint density at radius 2 is 1.71 bits per heavy atom. The number of carbonyl (C=O) groups excluding carboxylic acids is 2. The zero-order chi connectivity index (χ0) is 36.1. The second kappa shape index (κ2) is 14.9. The van der Waals surface area contributed by atoms with E-state index >= 15 is 4.39 Å². The maximum absolute atomic E-state index is 15.3. The van der Waals surface area contributed by atoms with Crippen molar-refractivity contribution in [1.29, 1.82) is 0 Å². The molecule has 264 valence electrons. The number of ether oxygens (including phenoxy) is 2. The van der Waals surface area contributed by atoms with Gasteiger partial charge in [-0.2, -0.15) is 4.98 Å². The van der Waals surface area contributed by atoms with E-state index in [1.54, 1.807) is 35.2 Å². The van der Waals surface area contributed by atoms with Gasteiger partial charge in [0.05, 0.1) is 18.3 Å². The molecule has 0 radical (unpaired) electrons. The molecule has 1 unspecified atom stereocenters. The van der Waals surface area contributed by atoms with Gasteiger partial charge in [0.15, 0.2) is 31.5 Å². The predicted octanol–water partition coefficient (Wildman–Crippen LogP) is 8.15. The van der Waals surface area contributed by atoms with Crippen molar-refractivity contribution in [3.05, 3.63) is 73.0 Å². The molecule has 2 atom stereocenters. The summed E-state index contributed by atoms with van der Waals surface area (Å²) >= 11 is 0. The first-order valence-corrected chi connectivity index (χ1v) is 18.9. The maximum Gasteiger partial charge on any atom is 0.410 e. The minimum absolute atomic E-state index is 0.00531. The van der Waals surface area contributed by atoms with Crippen molar-refractivity contribution in [2.45, 2.75) is 83.8 Å². The van der Waals surface area contributed by atoms with Gasteiger partial charge in [-0.15, -0.1) is 0 Å². The molecule has 1 aliphatic heterocycles. The smallest absolute Gasteiger partial charge is 0.410 e. The molecule has 1 fully saturated rings. The first-order chi connectivity index (χ1) is 22.8. The van der Waals surface area contributed by atoms with Crippen LogP contribution in [0, 0.1) is 11.6 Å². The molecular formula is C35H46F2N6O5Si. The molecule has 1 saturated heterocycles. The van der Waals surface area contributed by atoms with E-state index in [0.29, 0.717) is 30.0 Å². The van der Waals surface area contributed by atoms with Gasteiger partial charge in [-0.1, -0.05) is 33.4 Å². The van der Waals surface area contributed by atoms with Crippen molar-refractivity contribution in [2.24, 2.45) is 0 Å². The minimum atomic E-state index is -2.12. The second-order valence-corrected chi connectivity index (χ2v) is 19.1. The Labute approximate surface area is 287 Å². The molecule has 2 heterocycles. The number of benzene rings is 2. The Morgan fingerprint density at radius 3 is 2.37 bits per heavy atom. The van der Waals surface area contributed by atoms with Gasteiger partial charge in [-0.05, 0) is 81.7 Å². The van der Waals surface area contributed by atoms with E-state index < -0.39 is 31.6 Å². The standard InChI is InChI=1S/C35H46F2N6O5Si/c1-10-30(44)39-22-12-11-13-23(16-22)40-31-28(37)19-38-32(42-31)41-24-14-15-29(27(36)17-24)46-21-25-18-26(48-49(8,9)35(5,6)7)20-43(25)33(45)47-34(2,3)4/h10-17,19,25-26H,1,18,20-21H2,2-9H3,(H,39,44)(H2,38,40,41,42)/t25-,26?/m0/s1. The lowest BCUT2D eigenvalue weighted by atomic mass is 10.2. The lowest BCUT2D eigenvalue weighted by Gasteiger charge is -2.38. The molecule has 4 rings (SSSR count). The highest BCUT2D eigenvalue weighted by molar-refractivity contribution is 6.74. The molecule has 0 spiro atoms. The predicted molar refractivity (Wildman–Crippen MR) is 189 cm³/mol. The second-order valence-electron chi connectivity index (χ2n) is 14.4. The van der Waals surface area contributed by atoms with Gasteiger partial charge in [0.25, 0.3) is 0 Å². The molecular weight excluding hydrogens is 651 g/mol. The van der Waals surface area contributed by atoms with Crippen molar-refractivity contribution >= 4 is 49.1 Å². The fraction of sp³-hybridized carbons (Fsp3) is 0.429.